The van der Waals surface area contributed by atoms with Crippen molar-refractivity contribution in [3.63, 3.8) is 0 Å². The number of ether oxygens (including phenoxy) is 1. The molecule has 0 aliphatic heterocycles. The van der Waals surface area contributed by atoms with Gasteiger partial charge in [-0.1, -0.05) is 48.5 Å². The Morgan fingerprint density at radius 3 is 2.31 bits per heavy atom. The molecule has 0 aliphatic rings. The van der Waals surface area contributed by atoms with Crippen LogP contribution in [0.15, 0.2) is 66.7 Å². The molecule has 0 heterocycles. The summed E-state index contributed by atoms with van der Waals surface area (Å²) in [5.74, 6) is 0.973. The van der Waals surface area contributed by atoms with E-state index in [9.17, 15) is 0 Å². The lowest BCUT2D eigenvalue weighted by atomic mass is 10.1. The number of fused-ring (bicyclic) bond motifs is 1. The molecule has 0 unspecified atom stereocenters. The molecule has 0 N–H and O–H groups in total. The first-order valence-corrected chi connectivity index (χ1v) is 9.55. The molecule has 3 aromatic rings. The third-order valence-electron chi connectivity index (χ3n) is 4.60. The molecule has 3 aromatic carbocycles. The summed E-state index contributed by atoms with van der Waals surface area (Å²) in [7, 11) is 4.20. The number of hydrogen-bond acceptors (Lipinski definition) is 2. The van der Waals surface area contributed by atoms with Gasteiger partial charge in [-0.3, -0.25) is 0 Å². The summed E-state index contributed by atoms with van der Waals surface area (Å²) in [4.78, 5) is 2.19. The first kappa shape index (κ1) is 18.5. The van der Waals surface area contributed by atoms with Gasteiger partial charge in [0.1, 0.15) is 5.75 Å². The molecular weight excluding hydrogens is 318 g/mol. The van der Waals surface area contributed by atoms with E-state index in [0.29, 0.717) is 0 Å². The number of rotatable bonds is 9. The van der Waals surface area contributed by atoms with Crippen LogP contribution in [0.1, 0.15) is 30.4 Å². The summed E-state index contributed by atoms with van der Waals surface area (Å²) >= 11 is 0. The second kappa shape index (κ2) is 9.40. The van der Waals surface area contributed by atoms with Crippen LogP contribution in [0.3, 0.4) is 0 Å². The van der Waals surface area contributed by atoms with E-state index in [0.717, 1.165) is 31.7 Å². The molecule has 3 rings (SSSR count). The Bertz CT molecular complexity index is 811. The summed E-state index contributed by atoms with van der Waals surface area (Å²) in [5.41, 5.74) is 2.77. The molecule has 0 spiro atoms. The fourth-order valence-electron chi connectivity index (χ4n) is 3.27. The van der Waals surface area contributed by atoms with Gasteiger partial charge in [-0.15, -0.1) is 0 Å². The van der Waals surface area contributed by atoms with Gasteiger partial charge in [0, 0.05) is 6.54 Å². The molecule has 0 fully saturated rings. The lowest BCUT2D eigenvalue weighted by molar-refractivity contribution is 0.305. The Kier molecular flexibility index (Phi) is 6.68. The quantitative estimate of drug-likeness (QED) is 0.461. The largest absolute Gasteiger partial charge is 0.494 e. The number of aryl methyl sites for hydroxylation is 1. The van der Waals surface area contributed by atoms with Crippen LogP contribution < -0.4 is 4.74 Å². The van der Waals surface area contributed by atoms with Gasteiger partial charge >= 0.3 is 0 Å². The van der Waals surface area contributed by atoms with Crippen molar-refractivity contribution in [1.29, 1.82) is 0 Å². The summed E-state index contributed by atoms with van der Waals surface area (Å²) in [6.45, 7) is 1.76. The Morgan fingerprint density at radius 2 is 1.50 bits per heavy atom. The smallest absolute Gasteiger partial charge is 0.119 e. The fraction of sp³-hybridized carbons (Fsp3) is 0.333. The van der Waals surface area contributed by atoms with Gasteiger partial charge in [-0.2, -0.15) is 0 Å². The third kappa shape index (κ3) is 5.60. The van der Waals surface area contributed by atoms with E-state index in [1.807, 2.05) is 0 Å². The van der Waals surface area contributed by atoms with Crippen molar-refractivity contribution in [2.24, 2.45) is 0 Å². The molecule has 26 heavy (non-hydrogen) atoms. The Hall–Kier alpha value is -2.32. The van der Waals surface area contributed by atoms with E-state index in [1.165, 1.54) is 34.7 Å². The molecule has 0 radical (unpaired) electrons. The molecule has 0 saturated heterocycles. The standard InChI is InChI=1S/C24H29NO/c1-25(2)19-21-12-13-23-18-24(15-14-22(23)17-21)26-16-8-4-7-11-20-9-5-3-6-10-20/h3,5-6,9-10,12-15,17-18H,4,7-8,11,16,19H2,1-2H3. The van der Waals surface area contributed by atoms with Crippen molar-refractivity contribution < 1.29 is 4.74 Å². The zero-order valence-electron chi connectivity index (χ0n) is 15.9. The maximum Gasteiger partial charge on any atom is 0.119 e. The first-order chi connectivity index (χ1) is 12.7. The van der Waals surface area contributed by atoms with Gasteiger partial charge in [0.15, 0.2) is 0 Å². The number of nitrogens with zero attached hydrogens (tertiary/aromatic N) is 1. The molecule has 0 saturated carbocycles. The third-order valence-corrected chi connectivity index (χ3v) is 4.60. The highest BCUT2D eigenvalue weighted by atomic mass is 16.5. The molecular formula is C24H29NO. The highest BCUT2D eigenvalue weighted by Crippen LogP contribution is 2.23. The van der Waals surface area contributed by atoms with Crippen molar-refractivity contribution >= 4 is 10.8 Å². The minimum atomic E-state index is 0.791. The van der Waals surface area contributed by atoms with Crippen molar-refractivity contribution in [2.75, 3.05) is 20.7 Å². The van der Waals surface area contributed by atoms with Crippen LogP contribution in [0.5, 0.6) is 5.75 Å². The maximum absolute atomic E-state index is 5.95. The van der Waals surface area contributed by atoms with E-state index in [2.05, 4.69) is 85.7 Å². The predicted molar refractivity (Wildman–Crippen MR) is 111 cm³/mol. The molecule has 0 amide bonds. The Balaban J connectivity index is 1.44. The summed E-state index contributed by atoms with van der Waals surface area (Å²) < 4.78 is 5.95. The normalized spacial score (nSPS) is 11.2. The van der Waals surface area contributed by atoms with Gasteiger partial charge in [0.05, 0.1) is 6.61 Å². The summed E-state index contributed by atoms with van der Waals surface area (Å²) in [6, 6.07) is 23.8. The average molecular weight is 348 g/mol. The summed E-state index contributed by atoms with van der Waals surface area (Å²) in [5, 5.41) is 2.52. The molecule has 0 bridgehead atoms. The van der Waals surface area contributed by atoms with E-state index in [-0.39, 0.29) is 0 Å². The van der Waals surface area contributed by atoms with Crippen LogP contribution in [0, 0.1) is 0 Å². The van der Waals surface area contributed by atoms with Crippen LogP contribution >= 0.6 is 0 Å². The van der Waals surface area contributed by atoms with Crippen LogP contribution in [0.25, 0.3) is 10.8 Å². The van der Waals surface area contributed by atoms with Crippen molar-refractivity contribution in [1.82, 2.24) is 4.90 Å². The average Bonchev–Trinajstić information content (AvgIpc) is 2.65. The minimum Gasteiger partial charge on any atom is -0.494 e. The Morgan fingerprint density at radius 1 is 0.731 bits per heavy atom. The van der Waals surface area contributed by atoms with Crippen molar-refractivity contribution in [3.8, 4) is 5.75 Å². The minimum absolute atomic E-state index is 0.791. The van der Waals surface area contributed by atoms with Crippen molar-refractivity contribution in [2.45, 2.75) is 32.2 Å². The lowest BCUT2D eigenvalue weighted by Crippen LogP contribution is -2.10. The van der Waals surface area contributed by atoms with Crippen LogP contribution in [-0.2, 0) is 13.0 Å². The SMILES string of the molecule is CN(C)Cc1ccc2cc(OCCCCCc3ccccc3)ccc2c1. The van der Waals surface area contributed by atoms with Gasteiger partial charge < -0.3 is 9.64 Å². The monoisotopic (exact) mass is 347 g/mol. The second-order valence-electron chi connectivity index (χ2n) is 7.23. The predicted octanol–water partition coefficient (Wildman–Crippen LogP) is 5.69. The topological polar surface area (TPSA) is 12.5 Å². The molecule has 0 aliphatic carbocycles. The molecule has 0 atom stereocenters. The molecule has 0 aromatic heterocycles. The fourth-order valence-corrected chi connectivity index (χ4v) is 3.27. The van der Waals surface area contributed by atoms with E-state index in [4.69, 9.17) is 4.74 Å². The van der Waals surface area contributed by atoms with Gasteiger partial charge in [-0.25, -0.2) is 0 Å². The Labute approximate surface area is 157 Å². The number of hydrogen-bond donors (Lipinski definition) is 0. The second-order valence-corrected chi connectivity index (χ2v) is 7.23. The van der Waals surface area contributed by atoms with E-state index < -0.39 is 0 Å². The van der Waals surface area contributed by atoms with E-state index in [1.54, 1.807) is 0 Å². The molecule has 2 heteroatoms. The zero-order valence-corrected chi connectivity index (χ0v) is 15.9. The summed E-state index contributed by atoms with van der Waals surface area (Å²) in [6.07, 6.45) is 4.69. The van der Waals surface area contributed by atoms with Gasteiger partial charge in [0.25, 0.3) is 0 Å². The van der Waals surface area contributed by atoms with Crippen LogP contribution in [0.4, 0.5) is 0 Å². The van der Waals surface area contributed by atoms with Crippen molar-refractivity contribution in [3.05, 3.63) is 77.9 Å². The first-order valence-electron chi connectivity index (χ1n) is 9.55. The van der Waals surface area contributed by atoms with Gasteiger partial charge in [-0.05, 0) is 79.9 Å². The number of benzene rings is 3. The van der Waals surface area contributed by atoms with E-state index >= 15 is 0 Å². The highest BCUT2D eigenvalue weighted by molar-refractivity contribution is 5.84. The lowest BCUT2D eigenvalue weighted by Gasteiger charge is -2.11. The number of unbranched alkanes of at least 4 members (excludes halogenated alkanes) is 2. The van der Waals surface area contributed by atoms with Crippen LogP contribution in [0.2, 0.25) is 0 Å². The maximum atomic E-state index is 5.95. The molecule has 136 valence electrons. The van der Waals surface area contributed by atoms with Gasteiger partial charge in [0.2, 0.25) is 0 Å². The molecule has 2 nitrogen and oxygen atoms in total. The zero-order chi connectivity index (χ0) is 18.2. The van der Waals surface area contributed by atoms with Crippen LogP contribution in [-0.4, -0.2) is 25.6 Å². The highest BCUT2D eigenvalue weighted by Gasteiger charge is 2.01.